The number of hydrogen-bond acceptors (Lipinski definition) is 9. The minimum Gasteiger partial charge on any atom is -0.452 e. The van der Waals surface area contributed by atoms with Gasteiger partial charge in [0.05, 0.1) is 15.4 Å². The SMILES string of the molecule is Cn1cnnc1Sc1ccc(C(=O)OCC(=O)N2CCN(c3ccccc3)CC2)cc1[N+](=O)[O-]. The smallest absolute Gasteiger partial charge is 0.338 e. The highest BCUT2D eigenvalue weighted by atomic mass is 32.2. The van der Waals surface area contributed by atoms with Crippen LogP contribution in [-0.2, 0) is 16.6 Å². The van der Waals surface area contributed by atoms with Gasteiger partial charge in [-0.2, -0.15) is 0 Å². The Hall–Kier alpha value is -3.93. The molecule has 4 rings (SSSR count). The molecule has 3 aromatic rings. The maximum absolute atomic E-state index is 12.5. The molecule has 0 bridgehead atoms. The number of rotatable bonds is 7. The molecule has 34 heavy (non-hydrogen) atoms. The van der Waals surface area contributed by atoms with Gasteiger partial charge in [0.25, 0.3) is 11.6 Å². The highest BCUT2D eigenvalue weighted by Gasteiger charge is 2.24. The maximum atomic E-state index is 12.5. The second-order valence-corrected chi connectivity index (χ2v) is 8.55. The molecule has 11 nitrogen and oxygen atoms in total. The molecule has 0 spiro atoms. The third-order valence-electron chi connectivity index (χ3n) is 5.34. The van der Waals surface area contributed by atoms with Gasteiger partial charge in [-0.05, 0) is 36.0 Å². The molecule has 1 fully saturated rings. The van der Waals surface area contributed by atoms with Crippen molar-refractivity contribution in [3.8, 4) is 0 Å². The number of aryl methyl sites for hydroxylation is 1. The zero-order valence-electron chi connectivity index (χ0n) is 18.4. The highest BCUT2D eigenvalue weighted by Crippen LogP contribution is 2.34. The van der Waals surface area contributed by atoms with Gasteiger partial charge in [-0.15, -0.1) is 10.2 Å². The predicted molar refractivity (Wildman–Crippen MR) is 124 cm³/mol. The van der Waals surface area contributed by atoms with Gasteiger partial charge in [0, 0.05) is 45.0 Å². The number of anilines is 1. The Morgan fingerprint density at radius 1 is 1.12 bits per heavy atom. The molecule has 1 saturated heterocycles. The van der Waals surface area contributed by atoms with E-state index in [1.165, 1.54) is 18.5 Å². The van der Waals surface area contributed by atoms with Crippen molar-refractivity contribution in [2.75, 3.05) is 37.7 Å². The van der Waals surface area contributed by atoms with Crippen LogP contribution in [0.25, 0.3) is 0 Å². The summed E-state index contributed by atoms with van der Waals surface area (Å²) in [5.74, 6) is -1.10. The molecule has 0 aliphatic carbocycles. The largest absolute Gasteiger partial charge is 0.452 e. The van der Waals surface area contributed by atoms with Crippen molar-refractivity contribution in [1.29, 1.82) is 0 Å². The molecule has 0 radical (unpaired) electrons. The fraction of sp³-hybridized carbons (Fsp3) is 0.273. The minimum absolute atomic E-state index is 0.00397. The Kier molecular flexibility index (Phi) is 7.07. The lowest BCUT2D eigenvalue weighted by Gasteiger charge is -2.36. The molecular formula is C22H22N6O5S. The lowest BCUT2D eigenvalue weighted by atomic mass is 10.2. The third kappa shape index (κ3) is 5.34. The number of nitro benzene ring substituents is 1. The summed E-state index contributed by atoms with van der Waals surface area (Å²) in [4.78, 5) is 40.1. The molecule has 12 heteroatoms. The quantitative estimate of drug-likeness (QED) is 0.284. The van der Waals surface area contributed by atoms with Crippen LogP contribution in [-0.4, -0.2) is 69.3 Å². The average Bonchev–Trinajstić information content (AvgIpc) is 3.27. The molecule has 0 atom stereocenters. The fourth-order valence-electron chi connectivity index (χ4n) is 3.49. The highest BCUT2D eigenvalue weighted by molar-refractivity contribution is 7.99. The molecule has 1 amide bonds. The molecule has 0 saturated carbocycles. The normalized spacial score (nSPS) is 13.6. The lowest BCUT2D eigenvalue weighted by Crippen LogP contribution is -2.49. The average molecular weight is 483 g/mol. The molecule has 1 aromatic heterocycles. The first-order chi connectivity index (χ1) is 16.4. The summed E-state index contributed by atoms with van der Waals surface area (Å²) in [5.41, 5.74) is 0.838. The van der Waals surface area contributed by atoms with Crippen molar-refractivity contribution in [2.24, 2.45) is 7.05 Å². The Labute approximate surface area is 199 Å². The van der Waals surface area contributed by atoms with Gasteiger partial charge in [0.1, 0.15) is 6.33 Å². The zero-order chi connectivity index (χ0) is 24.1. The van der Waals surface area contributed by atoms with Crippen LogP contribution in [0.5, 0.6) is 0 Å². The van der Waals surface area contributed by atoms with E-state index >= 15 is 0 Å². The van der Waals surface area contributed by atoms with E-state index in [1.807, 2.05) is 30.3 Å². The summed E-state index contributed by atoms with van der Waals surface area (Å²) >= 11 is 1.06. The van der Waals surface area contributed by atoms with Gasteiger partial charge >= 0.3 is 5.97 Å². The molecule has 1 aliphatic rings. The number of esters is 1. The number of hydrogen-bond donors (Lipinski definition) is 0. The van der Waals surface area contributed by atoms with Crippen LogP contribution >= 0.6 is 11.8 Å². The number of amides is 1. The summed E-state index contributed by atoms with van der Waals surface area (Å²) in [7, 11) is 1.72. The Bertz CT molecular complexity index is 1190. The second kappa shape index (κ2) is 10.3. The van der Waals surface area contributed by atoms with E-state index in [4.69, 9.17) is 4.74 Å². The molecule has 2 aromatic carbocycles. The summed E-state index contributed by atoms with van der Waals surface area (Å²) in [5, 5.41) is 19.7. The summed E-state index contributed by atoms with van der Waals surface area (Å²) in [6.45, 7) is 1.98. The molecule has 0 unspecified atom stereocenters. The number of benzene rings is 2. The Morgan fingerprint density at radius 3 is 2.50 bits per heavy atom. The van der Waals surface area contributed by atoms with Crippen molar-refractivity contribution in [1.82, 2.24) is 19.7 Å². The third-order valence-corrected chi connectivity index (χ3v) is 6.46. The van der Waals surface area contributed by atoms with Crippen molar-refractivity contribution in [3.63, 3.8) is 0 Å². The van der Waals surface area contributed by atoms with Crippen LogP contribution in [0.15, 0.2) is 64.9 Å². The Balaban J connectivity index is 1.33. The number of carbonyl (C=O) groups excluding carboxylic acids is 2. The fourth-order valence-corrected chi connectivity index (χ4v) is 4.34. The first-order valence-electron chi connectivity index (χ1n) is 10.5. The number of nitro groups is 1. The lowest BCUT2D eigenvalue weighted by molar-refractivity contribution is -0.387. The van der Waals surface area contributed by atoms with Gasteiger partial charge in [0.2, 0.25) is 0 Å². The molecular weight excluding hydrogens is 460 g/mol. The summed E-state index contributed by atoms with van der Waals surface area (Å²) in [6, 6.07) is 14.0. The number of ether oxygens (including phenoxy) is 1. The van der Waals surface area contributed by atoms with Crippen molar-refractivity contribution >= 4 is 35.0 Å². The minimum atomic E-state index is -0.797. The van der Waals surface area contributed by atoms with E-state index in [-0.39, 0.29) is 17.2 Å². The first-order valence-corrected chi connectivity index (χ1v) is 11.3. The number of para-hydroxylation sites is 1. The van der Waals surface area contributed by atoms with E-state index < -0.39 is 17.5 Å². The molecule has 1 aliphatic heterocycles. The van der Waals surface area contributed by atoms with Gasteiger partial charge < -0.3 is 19.1 Å². The molecule has 0 N–H and O–H groups in total. The topological polar surface area (TPSA) is 124 Å². The maximum Gasteiger partial charge on any atom is 0.338 e. The predicted octanol–water partition coefficient (Wildman–Crippen LogP) is 2.38. The van der Waals surface area contributed by atoms with Gasteiger partial charge in [-0.3, -0.25) is 14.9 Å². The molecule has 176 valence electrons. The van der Waals surface area contributed by atoms with E-state index in [9.17, 15) is 19.7 Å². The number of carbonyl (C=O) groups is 2. The van der Waals surface area contributed by atoms with Crippen LogP contribution in [0.1, 0.15) is 10.4 Å². The van der Waals surface area contributed by atoms with E-state index in [0.717, 1.165) is 23.5 Å². The second-order valence-electron chi connectivity index (χ2n) is 7.55. The zero-order valence-corrected chi connectivity index (χ0v) is 19.2. The van der Waals surface area contributed by atoms with Gasteiger partial charge in [0.15, 0.2) is 11.8 Å². The van der Waals surface area contributed by atoms with Crippen LogP contribution in [0.2, 0.25) is 0 Å². The Morgan fingerprint density at radius 2 is 1.85 bits per heavy atom. The van der Waals surface area contributed by atoms with Crippen molar-refractivity contribution < 1.29 is 19.2 Å². The number of aromatic nitrogens is 3. The van der Waals surface area contributed by atoms with Crippen LogP contribution < -0.4 is 4.90 Å². The van der Waals surface area contributed by atoms with Crippen LogP contribution in [0, 0.1) is 10.1 Å². The van der Waals surface area contributed by atoms with Crippen LogP contribution in [0.3, 0.4) is 0 Å². The monoisotopic (exact) mass is 482 g/mol. The number of nitrogens with zero attached hydrogens (tertiary/aromatic N) is 6. The van der Waals surface area contributed by atoms with Gasteiger partial charge in [-0.1, -0.05) is 18.2 Å². The number of piperazine rings is 1. The van der Waals surface area contributed by atoms with E-state index in [0.29, 0.717) is 36.2 Å². The van der Waals surface area contributed by atoms with Crippen molar-refractivity contribution in [3.05, 3.63) is 70.5 Å². The van der Waals surface area contributed by atoms with Crippen LogP contribution in [0.4, 0.5) is 11.4 Å². The molecule has 2 heterocycles. The standard InChI is InChI=1S/C22H22N6O5S/c1-25-15-23-24-22(25)34-19-8-7-16(13-18(19)28(31)32)21(30)33-14-20(29)27-11-9-26(10-12-27)17-5-3-2-4-6-17/h2-8,13,15H,9-12,14H2,1H3. The van der Waals surface area contributed by atoms with E-state index in [2.05, 4.69) is 15.1 Å². The summed E-state index contributed by atoms with van der Waals surface area (Å²) in [6.07, 6.45) is 1.48. The van der Waals surface area contributed by atoms with Gasteiger partial charge in [-0.25, -0.2) is 4.79 Å². The summed E-state index contributed by atoms with van der Waals surface area (Å²) < 4.78 is 6.78. The van der Waals surface area contributed by atoms with E-state index in [1.54, 1.807) is 16.5 Å². The first kappa shape index (κ1) is 23.2. The van der Waals surface area contributed by atoms with Crippen molar-refractivity contribution in [2.45, 2.75) is 10.1 Å².